The highest BCUT2D eigenvalue weighted by Crippen LogP contribution is 2.11. The average molecular weight is 189 g/mol. The summed E-state index contributed by atoms with van der Waals surface area (Å²) in [6, 6.07) is 7.08. The Kier molecular flexibility index (Phi) is 2.18. The summed E-state index contributed by atoms with van der Waals surface area (Å²) in [6.07, 6.45) is 1.83. The lowest BCUT2D eigenvalue weighted by atomic mass is 10.3. The number of H-pyrrole nitrogens is 1. The van der Waals surface area contributed by atoms with Crippen molar-refractivity contribution in [1.29, 1.82) is 0 Å². The van der Waals surface area contributed by atoms with Crippen molar-refractivity contribution in [2.75, 3.05) is 0 Å². The van der Waals surface area contributed by atoms with Crippen molar-refractivity contribution < 1.29 is 0 Å². The number of nitrogens with zero attached hydrogens (tertiary/aromatic N) is 2. The zero-order valence-corrected chi connectivity index (χ0v) is 7.90. The highest BCUT2D eigenvalue weighted by Gasteiger charge is 2.01. The summed E-state index contributed by atoms with van der Waals surface area (Å²) in [7, 11) is 0. The zero-order valence-electron chi connectivity index (χ0n) is 7.90. The van der Waals surface area contributed by atoms with Crippen LogP contribution in [0.5, 0.6) is 0 Å². The lowest BCUT2D eigenvalue weighted by Gasteiger charge is -2.02. The van der Waals surface area contributed by atoms with E-state index in [4.69, 9.17) is 0 Å². The molecule has 14 heavy (non-hydrogen) atoms. The molecule has 0 amide bonds. The molecule has 0 fully saturated rings. The van der Waals surface area contributed by atoms with E-state index >= 15 is 0 Å². The van der Waals surface area contributed by atoms with Gasteiger partial charge in [0.25, 0.3) is 5.56 Å². The van der Waals surface area contributed by atoms with E-state index in [0.717, 1.165) is 11.4 Å². The van der Waals surface area contributed by atoms with Gasteiger partial charge >= 0.3 is 0 Å². The second-order valence-corrected chi connectivity index (χ2v) is 2.96. The van der Waals surface area contributed by atoms with Crippen LogP contribution in [0.15, 0.2) is 35.3 Å². The molecule has 4 heteroatoms. The first-order chi connectivity index (χ1) is 6.81. The molecule has 0 atom stereocenters. The van der Waals surface area contributed by atoms with Gasteiger partial charge in [0, 0.05) is 18.8 Å². The van der Waals surface area contributed by atoms with Crippen LogP contribution in [0.25, 0.3) is 11.4 Å². The highest BCUT2D eigenvalue weighted by atomic mass is 16.1. The predicted octanol–water partition coefficient (Wildman–Crippen LogP) is 1.26. The van der Waals surface area contributed by atoms with Gasteiger partial charge in [0.2, 0.25) is 0 Å². The predicted molar refractivity (Wildman–Crippen MR) is 54.0 cm³/mol. The van der Waals surface area contributed by atoms with Crippen molar-refractivity contribution >= 4 is 0 Å². The maximum atomic E-state index is 11.3. The van der Waals surface area contributed by atoms with Crippen molar-refractivity contribution in [3.63, 3.8) is 0 Å². The fraction of sp³-hybridized carbons (Fsp3) is 0.200. The second-order valence-electron chi connectivity index (χ2n) is 2.96. The van der Waals surface area contributed by atoms with E-state index in [0.29, 0.717) is 6.54 Å². The minimum absolute atomic E-state index is 0.0668. The minimum Gasteiger partial charge on any atom is -0.360 e. The summed E-state index contributed by atoms with van der Waals surface area (Å²) in [4.78, 5) is 14.3. The molecule has 2 rings (SSSR count). The molecule has 72 valence electrons. The Morgan fingerprint density at radius 3 is 2.93 bits per heavy atom. The largest absolute Gasteiger partial charge is 0.360 e. The Morgan fingerprint density at radius 1 is 1.43 bits per heavy atom. The van der Waals surface area contributed by atoms with Gasteiger partial charge in [-0.1, -0.05) is 0 Å². The van der Waals surface area contributed by atoms with Gasteiger partial charge in [0.15, 0.2) is 0 Å². The maximum absolute atomic E-state index is 11.3. The van der Waals surface area contributed by atoms with Crippen molar-refractivity contribution in [1.82, 2.24) is 14.8 Å². The molecule has 0 aliphatic heterocycles. The van der Waals surface area contributed by atoms with Gasteiger partial charge in [-0.15, -0.1) is 0 Å². The molecule has 0 radical (unpaired) electrons. The van der Waals surface area contributed by atoms with Crippen molar-refractivity contribution in [2.24, 2.45) is 0 Å². The first kappa shape index (κ1) is 8.74. The van der Waals surface area contributed by atoms with Crippen LogP contribution in [-0.4, -0.2) is 14.8 Å². The van der Waals surface area contributed by atoms with Crippen LogP contribution in [0.2, 0.25) is 0 Å². The summed E-state index contributed by atoms with van der Waals surface area (Å²) in [5.41, 5.74) is 1.64. The van der Waals surface area contributed by atoms with E-state index in [2.05, 4.69) is 10.1 Å². The fourth-order valence-electron chi connectivity index (χ4n) is 1.31. The van der Waals surface area contributed by atoms with E-state index < -0.39 is 0 Å². The van der Waals surface area contributed by atoms with Gasteiger partial charge in [-0.2, -0.15) is 5.10 Å². The van der Waals surface area contributed by atoms with Crippen LogP contribution in [0.4, 0.5) is 0 Å². The first-order valence-electron chi connectivity index (χ1n) is 4.53. The van der Waals surface area contributed by atoms with Crippen LogP contribution >= 0.6 is 0 Å². The van der Waals surface area contributed by atoms with Gasteiger partial charge in [-0.05, 0) is 25.1 Å². The Hall–Kier alpha value is -1.84. The molecule has 4 nitrogen and oxygen atoms in total. The van der Waals surface area contributed by atoms with Gasteiger partial charge in [0.1, 0.15) is 5.69 Å². The second kappa shape index (κ2) is 3.49. The number of rotatable bonds is 2. The maximum Gasteiger partial charge on any atom is 0.266 e. The number of hydrogen-bond donors (Lipinski definition) is 1. The highest BCUT2D eigenvalue weighted by molar-refractivity contribution is 5.52. The van der Waals surface area contributed by atoms with Crippen molar-refractivity contribution in [2.45, 2.75) is 13.5 Å². The third-order valence-corrected chi connectivity index (χ3v) is 2.04. The third-order valence-electron chi connectivity index (χ3n) is 2.04. The molecule has 0 saturated carbocycles. The molecular formula is C10H11N3O. The Balaban J connectivity index is 2.51. The fourth-order valence-corrected chi connectivity index (χ4v) is 1.31. The van der Waals surface area contributed by atoms with E-state index in [1.165, 1.54) is 10.7 Å². The van der Waals surface area contributed by atoms with Gasteiger partial charge in [-0.25, -0.2) is 4.68 Å². The summed E-state index contributed by atoms with van der Waals surface area (Å²) in [5, 5.41) is 4.21. The topological polar surface area (TPSA) is 50.7 Å². The molecule has 0 bridgehead atoms. The van der Waals surface area contributed by atoms with E-state index in [9.17, 15) is 4.79 Å². The molecule has 0 aliphatic rings. The van der Waals surface area contributed by atoms with Crippen molar-refractivity contribution in [3.05, 3.63) is 40.8 Å². The van der Waals surface area contributed by atoms with Crippen LogP contribution < -0.4 is 5.56 Å². The van der Waals surface area contributed by atoms with Crippen molar-refractivity contribution in [3.8, 4) is 11.4 Å². The summed E-state index contributed by atoms with van der Waals surface area (Å²) >= 11 is 0. The average Bonchev–Trinajstić information content (AvgIpc) is 2.71. The molecule has 2 aromatic heterocycles. The van der Waals surface area contributed by atoms with E-state index in [1.54, 1.807) is 6.07 Å². The molecule has 0 saturated heterocycles. The molecule has 2 heterocycles. The molecule has 0 unspecified atom stereocenters. The number of aromatic nitrogens is 3. The Labute approximate surface area is 81.2 Å². The molecular weight excluding hydrogens is 178 g/mol. The normalized spacial score (nSPS) is 10.4. The lowest BCUT2D eigenvalue weighted by molar-refractivity contribution is 0.618. The van der Waals surface area contributed by atoms with Crippen LogP contribution in [0, 0.1) is 0 Å². The summed E-state index contributed by atoms with van der Waals surface area (Å²) in [6.45, 7) is 2.49. The zero-order chi connectivity index (χ0) is 9.97. The monoisotopic (exact) mass is 189 g/mol. The summed E-state index contributed by atoms with van der Waals surface area (Å²) < 4.78 is 1.44. The Bertz CT molecular complexity index is 470. The van der Waals surface area contributed by atoms with E-state index in [1.807, 2.05) is 25.3 Å². The molecule has 2 aromatic rings. The van der Waals surface area contributed by atoms with Crippen LogP contribution in [0.1, 0.15) is 6.92 Å². The molecule has 0 aromatic carbocycles. The smallest absolute Gasteiger partial charge is 0.266 e. The third kappa shape index (κ3) is 1.46. The number of aromatic amines is 1. The molecule has 0 spiro atoms. The minimum atomic E-state index is -0.0668. The van der Waals surface area contributed by atoms with Gasteiger partial charge < -0.3 is 4.98 Å². The quantitative estimate of drug-likeness (QED) is 0.773. The van der Waals surface area contributed by atoms with Crippen LogP contribution in [-0.2, 0) is 6.54 Å². The Morgan fingerprint density at radius 2 is 2.29 bits per heavy atom. The van der Waals surface area contributed by atoms with E-state index in [-0.39, 0.29) is 5.56 Å². The number of aryl methyl sites for hydroxylation is 1. The van der Waals surface area contributed by atoms with Gasteiger partial charge in [-0.3, -0.25) is 4.79 Å². The summed E-state index contributed by atoms with van der Waals surface area (Å²) in [5.74, 6) is 0. The molecule has 0 aliphatic carbocycles. The lowest BCUT2D eigenvalue weighted by Crippen LogP contribution is -2.20. The number of nitrogens with one attached hydrogen (secondary N) is 1. The van der Waals surface area contributed by atoms with Crippen LogP contribution in [0.3, 0.4) is 0 Å². The standard InChI is InChI=1S/C10H11N3O/c1-2-13-10(14)6-5-9(12-13)8-4-3-7-11-8/h3-7,11H,2H2,1H3. The SMILES string of the molecule is CCn1nc(-c2ccc[nH]2)ccc1=O. The first-order valence-corrected chi connectivity index (χ1v) is 4.53. The molecule has 1 N–H and O–H groups in total. The number of hydrogen-bond acceptors (Lipinski definition) is 2. The van der Waals surface area contributed by atoms with Gasteiger partial charge in [0.05, 0.1) is 5.69 Å².